The number of tetrazole rings is 1. The zero-order valence-corrected chi connectivity index (χ0v) is 10.9. The number of hydrogen-bond donors (Lipinski definition) is 3. The number of benzene rings is 1. The fraction of sp³-hybridized carbons (Fsp3) is 0.417. The first-order valence-corrected chi connectivity index (χ1v) is 6.28. The summed E-state index contributed by atoms with van der Waals surface area (Å²) < 4.78 is 5.40. The average molecular weight is 262 g/mol. The van der Waals surface area contributed by atoms with Gasteiger partial charge in [0.25, 0.3) is 5.95 Å². The number of nitrogens with two attached hydrogens (primary N) is 1. The molecule has 102 valence electrons. The Morgan fingerprint density at radius 3 is 3.00 bits per heavy atom. The largest absolute Gasteiger partial charge is 0.492 e. The van der Waals surface area contributed by atoms with Gasteiger partial charge < -0.3 is 15.8 Å². The highest BCUT2D eigenvalue weighted by Crippen LogP contribution is 2.23. The number of nitrogens with zero attached hydrogens (tertiary/aromatic N) is 3. The van der Waals surface area contributed by atoms with Gasteiger partial charge in [0.15, 0.2) is 0 Å². The van der Waals surface area contributed by atoms with Crippen LogP contribution in [-0.2, 0) is 6.42 Å². The molecule has 0 unspecified atom stereocenters. The van der Waals surface area contributed by atoms with Crippen molar-refractivity contribution in [3.8, 4) is 5.75 Å². The normalized spacial score (nSPS) is 10.4. The lowest BCUT2D eigenvalue weighted by molar-refractivity contribution is 0.342. The Morgan fingerprint density at radius 1 is 1.42 bits per heavy atom. The number of nitrogen functional groups attached to an aromatic ring is 1. The molecule has 0 aliphatic heterocycles. The van der Waals surface area contributed by atoms with Crippen molar-refractivity contribution >= 4 is 11.6 Å². The summed E-state index contributed by atoms with van der Waals surface area (Å²) >= 11 is 0. The Morgan fingerprint density at radius 2 is 2.32 bits per heavy atom. The molecule has 7 nitrogen and oxygen atoms in total. The number of hydrogen-bond acceptors (Lipinski definition) is 6. The summed E-state index contributed by atoms with van der Waals surface area (Å²) in [6, 6.07) is 5.91. The molecule has 7 heteroatoms. The maximum Gasteiger partial charge on any atom is 0.263 e. The molecule has 0 spiro atoms. The lowest BCUT2D eigenvalue weighted by Crippen LogP contribution is -2.05. The molecule has 0 bridgehead atoms. The minimum Gasteiger partial charge on any atom is -0.492 e. The third kappa shape index (κ3) is 3.84. The number of rotatable bonds is 7. The minimum atomic E-state index is 0.520. The minimum absolute atomic E-state index is 0.520. The number of nitrogens with one attached hydrogen (secondary N) is 2. The van der Waals surface area contributed by atoms with E-state index in [-0.39, 0.29) is 0 Å². The second-order valence-corrected chi connectivity index (χ2v) is 4.07. The van der Waals surface area contributed by atoms with Gasteiger partial charge in [0.05, 0.1) is 12.3 Å². The smallest absolute Gasteiger partial charge is 0.263 e. The summed E-state index contributed by atoms with van der Waals surface area (Å²) in [5, 5.41) is 16.6. The number of aromatic nitrogens is 4. The second kappa shape index (κ2) is 6.58. The summed E-state index contributed by atoms with van der Waals surface area (Å²) in [4.78, 5) is 0. The maximum atomic E-state index is 5.92. The van der Waals surface area contributed by atoms with E-state index in [9.17, 15) is 0 Å². The lowest BCUT2D eigenvalue weighted by Gasteiger charge is -2.08. The SMILES string of the molecule is CCOc1ccc(CCCNc2nn[nH]n2)cc1N. The third-order valence-electron chi connectivity index (χ3n) is 2.64. The van der Waals surface area contributed by atoms with Crippen LogP contribution >= 0.6 is 0 Å². The maximum absolute atomic E-state index is 5.92. The van der Waals surface area contributed by atoms with Gasteiger partial charge in [-0.15, -0.1) is 5.10 Å². The van der Waals surface area contributed by atoms with E-state index >= 15 is 0 Å². The van der Waals surface area contributed by atoms with Gasteiger partial charge in [0.2, 0.25) is 0 Å². The summed E-state index contributed by atoms with van der Waals surface area (Å²) in [5.74, 6) is 1.27. The highest BCUT2D eigenvalue weighted by molar-refractivity contribution is 5.54. The molecule has 2 rings (SSSR count). The number of anilines is 2. The van der Waals surface area contributed by atoms with Gasteiger partial charge in [-0.3, -0.25) is 0 Å². The van der Waals surface area contributed by atoms with E-state index in [1.54, 1.807) is 0 Å². The standard InChI is InChI=1S/C12H18N6O/c1-2-19-11-6-5-9(8-10(11)13)4-3-7-14-12-15-17-18-16-12/h5-6,8H,2-4,7,13H2,1H3,(H2,14,15,16,17,18). The van der Waals surface area contributed by atoms with Gasteiger partial charge in [-0.25, -0.2) is 0 Å². The van der Waals surface area contributed by atoms with Crippen molar-refractivity contribution < 1.29 is 4.74 Å². The molecule has 19 heavy (non-hydrogen) atoms. The molecule has 0 fully saturated rings. The van der Waals surface area contributed by atoms with Gasteiger partial charge >= 0.3 is 0 Å². The predicted molar refractivity (Wildman–Crippen MR) is 73.0 cm³/mol. The summed E-state index contributed by atoms with van der Waals surface area (Å²) in [7, 11) is 0. The monoisotopic (exact) mass is 262 g/mol. The molecule has 0 aliphatic rings. The van der Waals surface area contributed by atoms with Crippen molar-refractivity contribution in [2.45, 2.75) is 19.8 Å². The lowest BCUT2D eigenvalue weighted by atomic mass is 10.1. The molecule has 0 saturated carbocycles. The molecule has 1 aromatic carbocycles. The van der Waals surface area contributed by atoms with E-state index in [0.717, 1.165) is 25.1 Å². The van der Waals surface area contributed by atoms with Crippen molar-refractivity contribution in [2.24, 2.45) is 0 Å². The zero-order chi connectivity index (χ0) is 13.5. The zero-order valence-electron chi connectivity index (χ0n) is 10.9. The Hall–Kier alpha value is -2.31. The fourth-order valence-electron chi connectivity index (χ4n) is 1.77. The highest BCUT2D eigenvalue weighted by Gasteiger charge is 2.02. The predicted octanol–water partition coefficient (Wildman–Crippen LogP) is 1.23. The van der Waals surface area contributed by atoms with Crippen LogP contribution < -0.4 is 15.8 Å². The molecule has 1 aromatic heterocycles. The van der Waals surface area contributed by atoms with Crippen LogP contribution in [0.15, 0.2) is 18.2 Å². The molecule has 0 aliphatic carbocycles. The van der Waals surface area contributed by atoms with Gasteiger partial charge in [-0.05, 0) is 42.7 Å². The molecule has 1 heterocycles. The van der Waals surface area contributed by atoms with E-state index in [4.69, 9.17) is 10.5 Å². The Bertz CT molecular complexity index is 499. The number of H-pyrrole nitrogens is 1. The molecule has 0 atom stereocenters. The van der Waals surface area contributed by atoms with E-state index in [2.05, 4.69) is 25.9 Å². The summed E-state index contributed by atoms with van der Waals surface area (Å²) in [6.45, 7) is 3.35. The van der Waals surface area contributed by atoms with Crippen LogP contribution in [0.4, 0.5) is 11.6 Å². The number of aromatic amines is 1. The van der Waals surface area contributed by atoms with Crippen LogP contribution in [0.5, 0.6) is 5.75 Å². The molecule has 4 N–H and O–H groups in total. The number of aryl methyl sites for hydroxylation is 1. The average Bonchev–Trinajstić information content (AvgIpc) is 2.91. The molecule has 2 aromatic rings. The topological polar surface area (TPSA) is 102 Å². The van der Waals surface area contributed by atoms with Crippen LogP contribution in [0.2, 0.25) is 0 Å². The fourth-order valence-corrected chi connectivity index (χ4v) is 1.77. The Balaban J connectivity index is 1.78. The van der Waals surface area contributed by atoms with E-state index < -0.39 is 0 Å². The van der Waals surface area contributed by atoms with Gasteiger partial charge in [-0.1, -0.05) is 11.2 Å². The van der Waals surface area contributed by atoms with Crippen LogP contribution in [0.25, 0.3) is 0 Å². The van der Waals surface area contributed by atoms with E-state index in [1.165, 1.54) is 5.56 Å². The summed E-state index contributed by atoms with van der Waals surface area (Å²) in [6.07, 6.45) is 1.89. The molecule has 0 amide bonds. The van der Waals surface area contributed by atoms with Crippen LogP contribution in [0, 0.1) is 0 Å². The van der Waals surface area contributed by atoms with Gasteiger partial charge in [0, 0.05) is 6.54 Å². The molecular weight excluding hydrogens is 244 g/mol. The second-order valence-electron chi connectivity index (χ2n) is 4.07. The van der Waals surface area contributed by atoms with Crippen LogP contribution in [0.1, 0.15) is 18.9 Å². The van der Waals surface area contributed by atoms with Gasteiger partial charge in [0.1, 0.15) is 5.75 Å². The van der Waals surface area contributed by atoms with Crippen molar-refractivity contribution in [1.82, 2.24) is 20.6 Å². The summed E-state index contributed by atoms with van der Waals surface area (Å²) in [5.41, 5.74) is 7.79. The first-order chi connectivity index (χ1) is 9.29. The first kappa shape index (κ1) is 13.1. The van der Waals surface area contributed by atoms with E-state index in [1.807, 2.05) is 25.1 Å². The van der Waals surface area contributed by atoms with Crippen LogP contribution in [-0.4, -0.2) is 33.8 Å². The first-order valence-electron chi connectivity index (χ1n) is 6.28. The molecule has 0 saturated heterocycles. The van der Waals surface area contributed by atoms with Crippen molar-refractivity contribution in [3.63, 3.8) is 0 Å². The van der Waals surface area contributed by atoms with Crippen molar-refractivity contribution in [3.05, 3.63) is 23.8 Å². The highest BCUT2D eigenvalue weighted by atomic mass is 16.5. The Kier molecular flexibility index (Phi) is 4.54. The Labute approximate surface area is 111 Å². The van der Waals surface area contributed by atoms with E-state index in [0.29, 0.717) is 18.2 Å². The van der Waals surface area contributed by atoms with Crippen molar-refractivity contribution in [2.75, 3.05) is 24.2 Å². The quantitative estimate of drug-likeness (QED) is 0.512. The van der Waals surface area contributed by atoms with Crippen molar-refractivity contribution in [1.29, 1.82) is 0 Å². The van der Waals surface area contributed by atoms with Gasteiger partial charge in [-0.2, -0.15) is 5.21 Å². The van der Waals surface area contributed by atoms with Crippen LogP contribution in [0.3, 0.4) is 0 Å². The third-order valence-corrected chi connectivity index (χ3v) is 2.64. The molecular formula is C12H18N6O. The molecule has 0 radical (unpaired) electrons. The number of ether oxygens (including phenoxy) is 1.